The molecule has 3 aromatic rings. The summed E-state index contributed by atoms with van der Waals surface area (Å²) in [5.74, 6) is 0.660. The molecule has 0 aliphatic heterocycles. The lowest BCUT2D eigenvalue weighted by atomic mass is 10.2. The summed E-state index contributed by atoms with van der Waals surface area (Å²) in [4.78, 5) is 20.3. The van der Waals surface area contributed by atoms with Gasteiger partial charge in [-0.3, -0.25) is 9.78 Å². The van der Waals surface area contributed by atoms with E-state index in [9.17, 15) is 4.79 Å². The normalized spacial score (nSPS) is 10.2. The van der Waals surface area contributed by atoms with Crippen LogP contribution in [-0.2, 0) is 0 Å². The maximum atomic E-state index is 12.3. The Morgan fingerprint density at radius 3 is 2.62 bits per heavy atom. The van der Waals surface area contributed by atoms with Crippen LogP contribution in [0.4, 0.5) is 5.69 Å². The van der Waals surface area contributed by atoms with Gasteiger partial charge >= 0.3 is 11.8 Å². The fourth-order valence-electron chi connectivity index (χ4n) is 2.02. The van der Waals surface area contributed by atoms with Gasteiger partial charge in [0.2, 0.25) is 5.82 Å². The highest BCUT2D eigenvalue weighted by Crippen LogP contribution is 2.29. The Labute approximate surface area is 137 Å². The van der Waals surface area contributed by atoms with Gasteiger partial charge in [0, 0.05) is 24.0 Å². The van der Waals surface area contributed by atoms with Crippen LogP contribution >= 0.6 is 0 Å². The summed E-state index contributed by atoms with van der Waals surface area (Å²) in [6.45, 7) is 0. The third-order valence-corrected chi connectivity index (χ3v) is 3.21. The van der Waals surface area contributed by atoms with Crippen molar-refractivity contribution in [3.05, 3.63) is 48.6 Å². The van der Waals surface area contributed by atoms with E-state index in [0.29, 0.717) is 28.6 Å². The Bertz CT molecular complexity index is 848. The topological polar surface area (TPSA) is 99.4 Å². The molecular weight excluding hydrogens is 312 g/mol. The quantitative estimate of drug-likeness (QED) is 0.768. The number of methoxy groups -OCH3 is 2. The van der Waals surface area contributed by atoms with Gasteiger partial charge in [0.05, 0.1) is 19.9 Å². The second-order valence-electron chi connectivity index (χ2n) is 4.68. The first-order chi connectivity index (χ1) is 11.7. The number of carbonyl (C=O) groups is 1. The molecule has 3 rings (SSSR count). The molecule has 8 heteroatoms. The van der Waals surface area contributed by atoms with E-state index < -0.39 is 5.91 Å². The van der Waals surface area contributed by atoms with Gasteiger partial charge in [-0.1, -0.05) is 5.16 Å². The van der Waals surface area contributed by atoms with E-state index in [0.717, 1.165) is 0 Å². The predicted octanol–water partition coefficient (Wildman–Crippen LogP) is 2.40. The van der Waals surface area contributed by atoms with Crippen molar-refractivity contribution in [3.8, 4) is 22.9 Å². The van der Waals surface area contributed by atoms with Crippen molar-refractivity contribution in [3.63, 3.8) is 0 Å². The van der Waals surface area contributed by atoms with Crippen LogP contribution in [0.1, 0.15) is 10.7 Å². The molecule has 0 radical (unpaired) electrons. The largest absolute Gasteiger partial charge is 0.497 e. The standard InChI is InChI=1S/C16H14N4O4/c1-22-11-3-4-13(23-2)12(9-11)18-15(21)16-19-14(20-24-16)10-5-7-17-8-6-10/h3-9H,1-2H3,(H,18,21). The Balaban J connectivity index is 1.82. The first kappa shape index (κ1) is 15.5. The first-order valence-electron chi connectivity index (χ1n) is 6.98. The Morgan fingerprint density at radius 2 is 1.92 bits per heavy atom. The molecule has 0 aliphatic carbocycles. The van der Waals surface area contributed by atoms with Crippen molar-refractivity contribution < 1.29 is 18.8 Å². The van der Waals surface area contributed by atoms with Crippen molar-refractivity contribution in [2.24, 2.45) is 0 Å². The van der Waals surface area contributed by atoms with Crippen molar-refractivity contribution >= 4 is 11.6 Å². The van der Waals surface area contributed by atoms with E-state index in [2.05, 4.69) is 20.4 Å². The van der Waals surface area contributed by atoms with E-state index in [1.54, 1.807) is 42.7 Å². The number of hydrogen-bond acceptors (Lipinski definition) is 7. The molecule has 0 saturated heterocycles. The molecule has 0 fully saturated rings. The van der Waals surface area contributed by atoms with Crippen LogP contribution in [0.5, 0.6) is 11.5 Å². The van der Waals surface area contributed by atoms with Gasteiger partial charge in [-0.05, 0) is 24.3 Å². The molecule has 0 saturated carbocycles. The lowest BCUT2D eigenvalue weighted by Gasteiger charge is -2.10. The minimum absolute atomic E-state index is 0.160. The molecule has 0 unspecified atom stereocenters. The minimum atomic E-state index is -0.547. The number of anilines is 1. The molecule has 2 aromatic heterocycles. The average Bonchev–Trinajstić information content (AvgIpc) is 3.12. The molecule has 0 bridgehead atoms. The van der Waals surface area contributed by atoms with Crippen LogP contribution in [0.15, 0.2) is 47.2 Å². The molecular formula is C16H14N4O4. The number of aromatic nitrogens is 3. The molecule has 1 N–H and O–H groups in total. The van der Waals surface area contributed by atoms with E-state index in [1.165, 1.54) is 14.2 Å². The highest BCUT2D eigenvalue weighted by molar-refractivity contribution is 6.02. The van der Waals surface area contributed by atoms with E-state index >= 15 is 0 Å². The maximum absolute atomic E-state index is 12.3. The maximum Gasteiger partial charge on any atom is 0.316 e. The van der Waals surface area contributed by atoms with Crippen LogP contribution < -0.4 is 14.8 Å². The number of carbonyl (C=O) groups excluding carboxylic acids is 1. The molecule has 8 nitrogen and oxygen atoms in total. The molecule has 1 amide bonds. The third-order valence-electron chi connectivity index (χ3n) is 3.21. The van der Waals surface area contributed by atoms with Crippen LogP contribution in [0.3, 0.4) is 0 Å². The zero-order valence-corrected chi connectivity index (χ0v) is 13.0. The molecule has 0 atom stereocenters. The molecule has 0 aliphatic rings. The van der Waals surface area contributed by atoms with Gasteiger partial charge in [-0.25, -0.2) is 0 Å². The average molecular weight is 326 g/mol. The van der Waals surface area contributed by atoms with Gasteiger partial charge < -0.3 is 19.3 Å². The fourth-order valence-corrected chi connectivity index (χ4v) is 2.02. The van der Waals surface area contributed by atoms with Gasteiger partial charge in [0.1, 0.15) is 11.5 Å². The zero-order valence-electron chi connectivity index (χ0n) is 13.0. The lowest BCUT2D eigenvalue weighted by molar-refractivity contribution is 0.0981. The summed E-state index contributed by atoms with van der Waals surface area (Å²) >= 11 is 0. The smallest absolute Gasteiger partial charge is 0.316 e. The summed E-state index contributed by atoms with van der Waals surface area (Å²) in [6.07, 6.45) is 3.21. The van der Waals surface area contributed by atoms with Crippen molar-refractivity contribution in [1.29, 1.82) is 0 Å². The summed E-state index contributed by atoms with van der Waals surface area (Å²) < 4.78 is 15.4. The van der Waals surface area contributed by atoms with E-state index in [1.807, 2.05) is 0 Å². The van der Waals surface area contributed by atoms with Crippen molar-refractivity contribution in [1.82, 2.24) is 15.1 Å². The first-order valence-corrected chi connectivity index (χ1v) is 6.98. The Kier molecular flexibility index (Phi) is 4.37. The molecule has 2 heterocycles. The summed E-state index contributed by atoms with van der Waals surface area (Å²) in [6, 6.07) is 8.49. The van der Waals surface area contributed by atoms with Crippen molar-refractivity contribution in [2.75, 3.05) is 19.5 Å². The monoisotopic (exact) mass is 326 g/mol. The Morgan fingerprint density at radius 1 is 1.12 bits per heavy atom. The van der Waals surface area contributed by atoms with Crippen LogP contribution in [-0.4, -0.2) is 35.3 Å². The second-order valence-corrected chi connectivity index (χ2v) is 4.68. The number of hydrogen-bond donors (Lipinski definition) is 1. The Hall–Kier alpha value is -3.42. The number of pyridine rings is 1. The third kappa shape index (κ3) is 3.17. The number of ether oxygens (including phenoxy) is 2. The van der Waals surface area contributed by atoms with Gasteiger partial charge in [-0.2, -0.15) is 4.98 Å². The summed E-state index contributed by atoms with van der Waals surface area (Å²) in [5, 5.41) is 6.46. The van der Waals surface area contributed by atoms with Gasteiger partial charge in [0.15, 0.2) is 0 Å². The number of nitrogens with one attached hydrogen (secondary N) is 1. The van der Waals surface area contributed by atoms with E-state index in [4.69, 9.17) is 14.0 Å². The van der Waals surface area contributed by atoms with Crippen molar-refractivity contribution in [2.45, 2.75) is 0 Å². The molecule has 24 heavy (non-hydrogen) atoms. The van der Waals surface area contributed by atoms with Crippen LogP contribution in [0, 0.1) is 0 Å². The minimum Gasteiger partial charge on any atom is -0.497 e. The summed E-state index contributed by atoms with van der Waals surface area (Å²) in [5.41, 5.74) is 1.14. The second kappa shape index (κ2) is 6.78. The van der Waals surface area contributed by atoms with Crippen LogP contribution in [0.25, 0.3) is 11.4 Å². The predicted molar refractivity (Wildman–Crippen MR) is 85.0 cm³/mol. The number of rotatable bonds is 5. The molecule has 1 aromatic carbocycles. The fraction of sp³-hybridized carbons (Fsp3) is 0.125. The van der Waals surface area contributed by atoms with Gasteiger partial charge in [0.25, 0.3) is 0 Å². The number of nitrogens with zero attached hydrogens (tertiary/aromatic N) is 3. The number of benzene rings is 1. The van der Waals surface area contributed by atoms with E-state index in [-0.39, 0.29) is 5.89 Å². The highest BCUT2D eigenvalue weighted by atomic mass is 16.5. The molecule has 122 valence electrons. The van der Waals surface area contributed by atoms with Crippen LogP contribution in [0.2, 0.25) is 0 Å². The zero-order chi connectivity index (χ0) is 16.9. The lowest BCUT2D eigenvalue weighted by Crippen LogP contribution is -2.13. The van der Waals surface area contributed by atoms with Gasteiger partial charge in [-0.15, -0.1) is 0 Å². The molecule has 0 spiro atoms. The SMILES string of the molecule is COc1ccc(OC)c(NC(=O)c2nc(-c3ccncc3)no2)c1. The number of amides is 1. The summed E-state index contributed by atoms with van der Waals surface area (Å²) in [7, 11) is 3.04. The highest BCUT2D eigenvalue weighted by Gasteiger charge is 2.18.